The molecule has 3 rings (SSSR count). The highest BCUT2D eigenvalue weighted by Crippen LogP contribution is 2.45. The quantitative estimate of drug-likeness (QED) is 0.603. The molecule has 24 heavy (non-hydrogen) atoms. The molecule has 0 N–H and O–H groups in total. The van der Waals surface area contributed by atoms with Crippen LogP contribution in [0, 0.1) is 6.92 Å². The van der Waals surface area contributed by atoms with Gasteiger partial charge in [-0.2, -0.15) is 0 Å². The van der Waals surface area contributed by atoms with E-state index >= 15 is 0 Å². The first-order valence-electron chi connectivity index (χ1n) is 8.19. The highest BCUT2D eigenvalue weighted by atomic mass is 16.7. The molecule has 0 fully saturated rings. The maximum absolute atomic E-state index is 12.6. The molecule has 2 aromatic rings. The van der Waals surface area contributed by atoms with Gasteiger partial charge in [0.05, 0.1) is 16.6 Å². The second-order valence-corrected chi connectivity index (χ2v) is 7.65. The summed E-state index contributed by atoms with van der Waals surface area (Å²) in [5.74, 6) is 0.558. The summed E-state index contributed by atoms with van der Waals surface area (Å²) in [4.78, 5) is 12.6. The van der Waals surface area contributed by atoms with Crippen molar-refractivity contribution in [2.75, 3.05) is 0 Å². The fourth-order valence-corrected chi connectivity index (χ4v) is 3.26. The fourth-order valence-electron chi connectivity index (χ4n) is 3.26. The van der Waals surface area contributed by atoms with Gasteiger partial charge in [-0.15, -0.1) is 6.58 Å². The molecule has 0 amide bonds. The van der Waals surface area contributed by atoms with Crippen molar-refractivity contribution in [1.29, 1.82) is 0 Å². The molecule has 0 unspecified atom stereocenters. The monoisotopic (exact) mass is 328 g/mol. The molecule has 0 radical (unpaired) electrons. The second kappa shape index (κ2) is 5.49. The number of benzene rings is 1. The van der Waals surface area contributed by atoms with E-state index in [1.807, 2.05) is 46.8 Å². The number of hydrogen-bond donors (Lipinski definition) is 0. The van der Waals surface area contributed by atoms with E-state index in [0.29, 0.717) is 23.3 Å². The van der Waals surface area contributed by atoms with Crippen LogP contribution in [0.2, 0.25) is 0 Å². The molecule has 1 aromatic carbocycles. The van der Waals surface area contributed by atoms with Crippen LogP contribution in [0.25, 0.3) is 11.0 Å². The third-order valence-corrected chi connectivity index (χ3v) is 4.44. The lowest BCUT2D eigenvalue weighted by Gasteiger charge is -2.39. The third kappa shape index (κ3) is 2.75. The molecule has 2 heterocycles. The Kier molecular flexibility index (Phi) is 3.83. The lowest BCUT2D eigenvalue weighted by molar-refractivity contribution is -0.164. The van der Waals surface area contributed by atoms with E-state index in [-0.39, 0.29) is 11.2 Å². The molecule has 0 spiro atoms. The Bertz CT molecular complexity index is 856. The molecule has 128 valence electrons. The molecule has 4 heteroatoms. The van der Waals surface area contributed by atoms with E-state index < -0.39 is 11.7 Å². The second-order valence-electron chi connectivity index (χ2n) is 7.65. The summed E-state index contributed by atoms with van der Waals surface area (Å²) < 4.78 is 17.8. The van der Waals surface area contributed by atoms with Crippen molar-refractivity contribution in [2.24, 2.45) is 0 Å². The Morgan fingerprint density at radius 3 is 2.71 bits per heavy atom. The van der Waals surface area contributed by atoms with Crippen LogP contribution >= 0.6 is 0 Å². The third-order valence-electron chi connectivity index (χ3n) is 4.44. The van der Waals surface area contributed by atoms with Crippen LogP contribution < -0.4 is 10.4 Å². The summed E-state index contributed by atoms with van der Waals surface area (Å²) in [6, 6.07) is 5.63. The lowest BCUT2D eigenvalue weighted by atomic mass is 9.77. The number of fused-ring (bicyclic) bond motifs is 3. The van der Waals surface area contributed by atoms with Gasteiger partial charge < -0.3 is 13.9 Å². The zero-order valence-electron chi connectivity index (χ0n) is 14.9. The predicted molar refractivity (Wildman–Crippen MR) is 94.6 cm³/mol. The van der Waals surface area contributed by atoms with Crippen LogP contribution in [-0.2, 0) is 10.2 Å². The van der Waals surface area contributed by atoms with Crippen LogP contribution in [0.1, 0.15) is 45.2 Å². The average Bonchev–Trinajstić information content (AvgIpc) is 2.44. The maximum atomic E-state index is 12.6. The first kappa shape index (κ1) is 16.8. The molecule has 4 nitrogen and oxygen atoms in total. The van der Waals surface area contributed by atoms with Crippen LogP contribution in [0.4, 0.5) is 0 Å². The van der Waals surface area contributed by atoms with Crippen LogP contribution in [-0.4, -0.2) is 11.9 Å². The first-order chi connectivity index (χ1) is 11.1. The van der Waals surface area contributed by atoms with Gasteiger partial charge in [-0.3, -0.25) is 0 Å². The standard InChI is InChI=1S/C20H24O4/c1-7-20(6)11-14(24-19(3,4)5)23-17-15-12(2)9-8-10-13(15)22-18(21)16(17)20/h7-10,14H,1,11H2,2-6H3/t14-,20+/m1/s1. The van der Waals surface area contributed by atoms with E-state index in [2.05, 4.69) is 6.58 Å². The minimum Gasteiger partial charge on any atom is -0.463 e. The van der Waals surface area contributed by atoms with Gasteiger partial charge in [0.2, 0.25) is 6.29 Å². The smallest absolute Gasteiger partial charge is 0.344 e. The van der Waals surface area contributed by atoms with Crippen molar-refractivity contribution in [3.8, 4) is 5.75 Å². The zero-order chi connectivity index (χ0) is 17.7. The molecular formula is C20H24O4. The number of ether oxygens (including phenoxy) is 2. The molecule has 0 saturated heterocycles. The molecule has 0 bridgehead atoms. The van der Waals surface area contributed by atoms with E-state index in [0.717, 1.165) is 10.9 Å². The minimum atomic E-state index is -0.569. The van der Waals surface area contributed by atoms with Gasteiger partial charge in [0.1, 0.15) is 11.3 Å². The summed E-state index contributed by atoms with van der Waals surface area (Å²) in [7, 11) is 0. The van der Waals surface area contributed by atoms with Gasteiger partial charge >= 0.3 is 5.63 Å². The van der Waals surface area contributed by atoms with Gasteiger partial charge in [-0.1, -0.05) is 25.1 Å². The Balaban J connectivity index is 2.28. The lowest BCUT2D eigenvalue weighted by Crippen LogP contribution is -2.43. The van der Waals surface area contributed by atoms with Crippen molar-refractivity contribution in [1.82, 2.24) is 0 Å². The van der Waals surface area contributed by atoms with E-state index in [9.17, 15) is 4.79 Å². The van der Waals surface area contributed by atoms with Crippen LogP contribution in [0.3, 0.4) is 0 Å². The molecule has 1 aliphatic rings. The van der Waals surface area contributed by atoms with Gasteiger partial charge in [0.15, 0.2) is 0 Å². The molecule has 0 saturated carbocycles. The van der Waals surface area contributed by atoms with Crippen molar-refractivity contribution in [3.05, 3.63) is 52.4 Å². The Labute approximate surface area is 142 Å². The number of rotatable bonds is 2. The Morgan fingerprint density at radius 1 is 1.38 bits per heavy atom. The number of allylic oxidation sites excluding steroid dienone is 1. The van der Waals surface area contributed by atoms with Crippen molar-refractivity contribution < 1.29 is 13.9 Å². The molecular weight excluding hydrogens is 304 g/mol. The summed E-state index contributed by atoms with van der Waals surface area (Å²) in [6.45, 7) is 13.8. The number of aryl methyl sites for hydroxylation is 1. The van der Waals surface area contributed by atoms with Crippen molar-refractivity contribution in [2.45, 2.75) is 58.3 Å². The highest BCUT2D eigenvalue weighted by Gasteiger charge is 2.42. The highest BCUT2D eigenvalue weighted by molar-refractivity contribution is 5.88. The summed E-state index contributed by atoms with van der Waals surface area (Å²) in [5.41, 5.74) is 0.749. The van der Waals surface area contributed by atoms with E-state index in [1.54, 1.807) is 12.1 Å². The average molecular weight is 328 g/mol. The molecule has 1 aromatic heterocycles. The first-order valence-corrected chi connectivity index (χ1v) is 8.19. The molecule has 1 aliphatic heterocycles. The zero-order valence-corrected chi connectivity index (χ0v) is 14.9. The van der Waals surface area contributed by atoms with E-state index in [4.69, 9.17) is 13.9 Å². The van der Waals surface area contributed by atoms with Gasteiger partial charge in [0, 0.05) is 11.8 Å². The molecule has 2 atom stereocenters. The Morgan fingerprint density at radius 2 is 2.08 bits per heavy atom. The largest absolute Gasteiger partial charge is 0.463 e. The fraction of sp³-hybridized carbons (Fsp3) is 0.450. The summed E-state index contributed by atoms with van der Waals surface area (Å²) in [6.07, 6.45) is 1.85. The normalized spacial score (nSPS) is 23.6. The van der Waals surface area contributed by atoms with Crippen LogP contribution in [0.5, 0.6) is 5.75 Å². The Hall–Kier alpha value is -2.07. The predicted octanol–water partition coefficient (Wildman–Crippen LogP) is 4.47. The maximum Gasteiger partial charge on any atom is 0.344 e. The minimum absolute atomic E-state index is 0.353. The summed E-state index contributed by atoms with van der Waals surface area (Å²) >= 11 is 0. The van der Waals surface area contributed by atoms with Gasteiger partial charge in [-0.05, 0) is 39.3 Å². The van der Waals surface area contributed by atoms with Gasteiger partial charge in [-0.25, -0.2) is 4.79 Å². The number of hydrogen-bond acceptors (Lipinski definition) is 4. The molecule has 0 aliphatic carbocycles. The van der Waals surface area contributed by atoms with E-state index in [1.165, 1.54) is 0 Å². The van der Waals surface area contributed by atoms with Crippen molar-refractivity contribution in [3.63, 3.8) is 0 Å². The van der Waals surface area contributed by atoms with Crippen LogP contribution in [0.15, 0.2) is 40.1 Å². The topological polar surface area (TPSA) is 48.7 Å². The van der Waals surface area contributed by atoms with Crippen molar-refractivity contribution >= 4 is 11.0 Å². The summed E-state index contributed by atoms with van der Waals surface area (Å²) in [5, 5.41) is 0.822. The SMILES string of the molecule is C=C[C@@]1(C)C[C@@H](OC(C)(C)C)Oc2c1c(=O)oc1cccc(C)c21. The van der Waals surface area contributed by atoms with Gasteiger partial charge in [0.25, 0.3) is 0 Å².